The first-order valence-electron chi connectivity index (χ1n) is 14.6. The summed E-state index contributed by atoms with van der Waals surface area (Å²) in [7, 11) is -3.35. The first kappa shape index (κ1) is 33.4. The lowest BCUT2D eigenvalue weighted by Gasteiger charge is -2.18. The summed E-state index contributed by atoms with van der Waals surface area (Å²) < 4.78 is 23.5. The monoisotopic (exact) mass is 537 g/mol. The van der Waals surface area contributed by atoms with Crippen molar-refractivity contribution in [3.05, 3.63) is 41.7 Å². The summed E-state index contributed by atoms with van der Waals surface area (Å²) in [4.78, 5) is 12.7. The van der Waals surface area contributed by atoms with E-state index in [2.05, 4.69) is 12.2 Å². The highest BCUT2D eigenvalue weighted by Gasteiger charge is 2.20. The Balaban J connectivity index is 2.40. The summed E-state index contributed by atoms with van der Waals surface area (Å²) in [6.07, 6.45) is 19.2. The van der Waals surface area contributed by atoms with E-state index in [0.717, 1.165) is 18.4 Å². The third kappa shape index (κ3) is 17.5. The third-order valence-corrected chi connectivity index (χ3v) is 8.14. The van der Waals surface area contributed by atoms with E-state index in [1.165, 1.54) is 76.4 Å². The number of unbranched alkanes of at least 4 members (excludes halogenated alkanes) is 12. The van der Waals surface area contributed by atoms with Crippen molar-refractivity contribution in [2.75, 3.05) is 13.2 Å². The van der Waals surface area contributed by atoms with Gasteiger partial charge in [-0.3, -0.25) is 9.36 Å². The molecule has 0 aliphatic carbocycles. The molecule has 1 aromatic rings. The van der Waals surface area contributed by atoms with Crippen LogP contribution >= 0.6 is 7.60 Å². The average Bonchev–Trinajstić information content (AvgIpc) is 2.87. The van der Waals surface area contributed by atoms with Crippen LogP contribution in [0.1, 0.15) is 116 Å². The SMILES string of the molecule is CCCCCCCCCCCCCCCC(=O)N[C@@H](C=CP(=O)(OCC)OCC)Cc1ccc(O)cc1. The van der Waals surface area contributed by atoms with Crippen LogP contribution in [-0.4, -0.2) is 30.3 Å². The quantitative estimate of drug-likeness (QED) is 0.108. The summed E-state index contributed by atoms with van der Waals surface area (Å²) in [6, 6.07) is 6.53. The average molecular weight is 538 g/mol. The Hall–Kier alpha value is -1.62. The van der Waals surface area contributed by atoms with E-state index in [4.69, 9.17) is 9.05 Å². The second kappa shape index (κ2) is 21.3. The molecule has 0 bridgehead atoms. The fourth-order valence-electron chi connectivity index (χ4n) is 4.33. The summed E-state index contributed by atoms with van der Waals surface area (Å²) in [5.74, 6) is 1.63. The van der Waals surface area contributed by atoms with Crippen LogP contribution in [0.25, 0.3) is 0 Å². The molecule has 37 heavy (non-hydrogen) atoms. The topological polar surface area (TPSA) is 84.9 Å². The molecule has 2 N–H and O–H groups in total. The maximum atomic E-state index is 12.8. The Morgan fingerprint density at radius 1 is 0.838 bits per heavy atom. The van der Waals surface area contributed by atoms with Crippen LogP contribution in [0.3, 0.4) is 0 Å². The molecule has 0 radical (unpaired) electrons. The summed E-state index contributed by atoms with van der Waals surface area (Å²) in [6.45, 7) is 6.34. The lowest BCUT2D eigenvalue weighted by molar-refractivity contribution is -0.121. The van der Waals surface area contributed by atoms with Crippen molar-refractivity contribution in [2.24, 2.45) is 0 Å². The van der Waals surface area contributed by atoms with Gasteiger partial charge in [-0.15, -0.1) is 0 Å². The van der Waals surface area contributed by atoms with Crippen molar-refractivity contribution in [1.82, 2.24) is 5.32 Å². The molecule has 0 unspecified atom stereocenters. The molecule has 0 aliphatic rings. The van der Waals surface area contributed by atoms with Crippen LogP contribution in [0, 0.1) is 0 Å². The van der Waals surface area contributed by atoms with Crippen molar-refractivity contribution >= 4 is 13.5 Å². The van der Waals surface area contributed by atoms with Gasteiger partial charge >= 0.3 is 7.60 Å². The van der Waals surface area contributed by atoms with Gasteiger partial charge in [-0.1, -0.05) is 102 Å². The van der Waals surface area contributed by atoms with Crippen LogP contribution < -0.4 is 5.32 Å². The molecule has 0 saturated carbocycles. The highest BCUT2D eigenvalue weighted by molar-refractivity contribution is 7.57. The van der Waals surface area contributed by atoms with Gasteiger partial charge in [0.25, 0.3) is 0 Å². The first-order chi connectivity index (χ1) is 17.9. The van der Waals surface area contributed by atoms with Gasteiger partial charge in [0.15, 0.2) is 0 Å². The molecular formula is C30H52NO5P. The van der Waals surface area contributed by atoms with Crippen molar-refractivity contribution < 1.29 is 23.5 Å². The number of benzene rings is 1. The number of rotatable bonds is 23. The molecule has 1 aromatic carbocycles. The van der Waals surface area contributed by atoms with Gasteiger partial charge in [0, 0.05) is 12.2 Å². The van der Waals surface area contributed by atoms with E-state index in [1.807, 2.05) is 12.1 Å². The standard InChI is InChI=1S/C30H52NO5P/c1-4-7-8-9-10-11-12-13-14-15-16-17-18-19-30(33)31-28(26-27-20-22-29(32)23-21-27)24-25-37(34,35-5-2)36-6-3/h20-25,28,32H,4-19,26H2,1-3H3,(H,31,33)/t28-/m0/s1. The summed E-state index contributed by atoms with van der Waals surface area (Å²) in [5, 5.41) is 12.6. The molecule has 0 spiro atoms. The number of carbonyl (C=O) groups excluding carboxylic acids is 1. The summed E-state index contributed by atoms with van der Waals surface area (Å²) >= 11 is 0. The fraction of sp³-hybridized carbons (Fsp3) is 0.700. The van der Waals surface area contributed by atoms with Gasteiger partial charge in [0.05, 0.1) is 19.3 Å². The zero-order chi connectivity index (χ0) is 27.2. The molecule has 0 saturated heterocycles. The smallest absolute Gasteiger partial charge is 0.353 e. The third-order valence-electron chi connectivity index (χ3n) is 6.36. The van der Waals surface area contributed by atoms with E-state index in [-0.39, 0.29) is 30.9 Å². The van der Waals surface area contributed by atoms with Gasteiger partial charge in [-0.05, 0) is 44.4 Å². The Kier molecular flexibility index (Phi) is 19.3. The highest BCUT2D eigenvalue weighted by Crippen LogP contribution is 2.49. The van der Waals surface area contributed by atoms with Crippen LogP contribution in [0.5, 0.6) is 5.75 Å². The Morgan fingerprint density at radius 2 is 1.32 bits per heavy atom. The van der Waals surface area contributed by atoms with Crippen LogP contribution in [0.4, 0.5) is 0 Å². The van der Waals surface area contributed by atoms with Gasteiger partial charge in [-0.25, -0.2) is 0 Å². The Labute approximate surface area is 226 Å². The zero-order valence-corrected chi connectivity index (χ0v) is 24.5. The fourth-order valence-corrected chi connectivity index (χ4v) is 5.71. The summed E-state index contributed by atoms with van der Waals surface area (Å²) in [5.41, 5.74) is 0.955. The van der Waals surface area contributed by atoms with Crippen LogP contribution in [0.15, 0.2) is 36.2 Å². The van der Waals surface area contributed by atoms with Crippen molar-refractivity contribution in [3.63, 3.8) is 0 Å². The molecule has 7 heteroatoms. The molecule has 0 fully saturated rings. The molecule has 1 amide bonds. The molecule has 0 aliphatic heterocycles. The molecule has 6 nitrogen and oxygen atoms in total. The zero-order valence-electron chi connectivity index (χ0n) is 23.6. The van der Waals surface area contributed by atoms with E-state index < -0.39 is 7.60 Å². The molecule has 0 heterocycles. The molecule has 1 rings (SSSR count). The van der Waals surface area contributed by atoms with Gasteiger partial charge in [-0.2, -0.15) is 0 Å². The minimum Gasteiger partial charge on any atom is -0.508 e. The van der Waals surface area contributed by atoms with E-state index in [1.54, 1.807) is 32.1 Å². The number of nitrogens with one attached hydrogen (secondary N) is 1. The van der Waals surface area contributed by atoms with Crippen LogP contribution in [0.2, 0.25) is 0 Å². The minimum atomic E-state index is -3.35. The molecule has 212 valence electrons. The number of hydrogen-bond donors (Lipinski definition) is 2. The predicted molar refractivity (Wildman–Crippen MR) is 154 cm³/mol. The second-order valence-electron chi connectivity index (χ2n) is 9.75. The minimum absolute atomic E-state index is 0.0147. The van der Waals surface area contributed by atoms with Crippen molar-refractivity contribution in [1.29, 1.82) is 0 Å². The number of amides is 1. The lowest BCUT2D eigenvalue weighted by atomic mass is 10.0. The van der Waals surface area contributed by atoms with E-state index in [0.29, 0.717) is 12.8 Å². The van der Waals surface area contributed by atoms with Gasteiger partial charge < -0.3 is 19.5 Å². The molecule has 1 atom stereocenters. The first-order valence-corrected chi connectivity index (χ1v) is 16.2. The Morgan fingerprint density at radius 3 is 1.81 bits per heavy atom. The number of aromatic hydroxyl groups is 1. The van der Waals surface area contributed by atoms with Crippen molar-refractivity contribution in [2.45, 2.75) is 123 Å². The normalized spacial score (nSPS) is 12.7. The van der Waals surface area contributed by atoms with Gasteiger partial charge in [0.2, 0.25) is 5.91 Å². The maximum Gasteiger partial charge on any atom is 0.353 e. The van der Waals surface area contributed by atoms with Crippen LogP contribution in [-0.2, 0) is 24.8 Å². The Bertz CT molecular complexity index is 771. The number of hydrogen-bond acceptors (Lipinski definition) is 5. The van der Waals surface area contributed by atoms with E-state index >= 15 is 0 Å². The number of phenols is 1. The molecular weight excluding hydrogens is 485 g/mol. The molecule has 0 aromatic heterocycles. The lowest BCUT2D eigenvalue weighted by Crippen LogP contribution is -2.34. The predicted octanol–water partition coefficient (Wildman–Crippen LogP) is 8.68. The van der Waals surface area contributed by atoms with Crippen molar-refractivity contribution in [3.8, 4) is 5.75 Å². The largest absolute Gasteiger partial charge is 0.508 e. The maximum absolute atomic E-state index is 12.8. The van der Waals surface area contributed by atoms with Gasteiger partial charge in [0.1, 0.15) is 5.75 Å². The number of carbonyl (C=O) groups is 1. The number of phenolic OH excluding ortho intramolecular Hbond substituents is 1. The highest BCUT2D eigenvalue weighted by atomic mass is 31.2. The van der Waals surface area contributed by atoms with E-state index in [9.17, 15) is 14.5 Å². The second-order valence-corrected chi connectivity index (χ2v) is 11.6.